The second-order valence-corrected chi connectivity index (χ2v) is 6.35. The lowest BCUT2D eigenvalue weighted by molar-refractivity contribution is -0.131. The minimum atomic E-state index is -3.34. The van der Waals surface area contributed by atoms with Gasteiger partial charge in [0.1, 0.15) is 5.25 Å². The largest absolute Gasteiger partial charge is 0.394 e. The molecule has 0 aromatic carbocycles. The molecule has 1 rings (SSSR count). The maximum atomic E-state index is 11.8. The highest BCUT2D eigenvalue weighted by atomic mass is 32.2. The summed E-state index contributed by atoms with van der Waals surface area (Å²) >= 11 is 0. The van der Waals surface area contributed by atoms with Gasteiger partial charge in [-0.15, -0.1) is 0 Å². The molecule has 1 aliphatic heterocycles. The first-order valence-corrected chi connectivity index (χ1v) is 6.93. The van der Waals surface area contributed by atoms with Crippen LogP contribution >= 0.6 is 0 Å². The summed E-state index contributed by atoms with van der Waals surface area (Å²) in [6, 6.07) is -0.207. The van der Waals surface area contributed by atoms with Crippen LogP contribution in [0.5, 0.6) is 0 Å². The number of carbonyl (C=O) groups is 1. The quantitative estimate of drug-likeness (QED) is 0.709. The molecule has 1 N–H and O–H groups in total. The molecule has 5 nitrogen and oxygen atoms in total. The first-order chi connectivity index (χ1) is 6.88. The number of hydrogen-bond acceptors (Lipinski definition) is 4. The van der Waals surface area contributed by atoms with Crippen LogP contribution in [0.1, 0.15) is 19.8 Å². The SMILES string of the molecule is CC(C(=O)N1CCC[C@@H]1CO)S(C)(=O)=O. The fraction of sp³-hybridized carbons (Fsp3) is 0.889. The van der Waals surface area contributed by atoms with Crippen LogP contribution in [0.15, 0.2) is 0 Å². The third kappa shape index (κ3) is 2.69. The number of nitrogens with zero attached hydrogens (tertiary/aromatic N) is 1. The van der Waals surface area contributed by atoms with Crippen molar-refractivity contribution in [2.75, 3.05) is 19.4 Å². The van der Waals surface area contributed by atoms with Crippen LogP contribution in [-0.4, -0.2) is 55.0 Å². The Labute approximate surface area is 90.0 Å². The van der Waals surface area contributed by atoms with E-state index in [0.717, 1.165) is 19.1 Å². The lowest BCUT2D eigenvalue weighted by Crippen LogP contribution is -2.45. The number of aliphatic hydroxyl groups is 1. The number of sulfone groups is 1. The van der Waals surface area contributed by atoms with Crippen LogP contribution < -0.4 is 0 Å². The van der Waals surface area contributed by atoms with Crippen molar-refractivity contribution in [2.24, 2.45) is 0 Å². The number of likely N-dealkylation sites (tertiary alicyclic amines) is 1. The highest BCUT2D eigenvalue weighted by molar-refractivity contribution is 7.92. The molecule has 15 heavy (non-hydrogen) atoms. The van der Waals surface area contributed by atoms with E-state index in [2.05, 4.69) is 0 Å². The summed E-state index contributed by atoms with van der Waals surface area (Å²) in [5.41, 5.74) is 0. The molecular weight excluding hydrogens is 218 g/mol. The van der Waals surface area contributed by atoms with Gasteiger partial charge in [0.15, 0.2) is 9.84 Å². The Kier molecular flexibility index (Phi) is 3.72. The minimum Gasteiger partial charge on any atom is -0.394 e. The van der Waals surface area contributed by atoms with Gasteiger partial charge in [-0.05, 0) is 19.8 Å². The molecule has 1 heterocycles. The maximum Gasteiger partial charge on any atom is 0.240 e. The van der Waals surface area contributed by atoms with E-state index in [1.54, 1.807) is 0 Å². The van der Waals surface area contributed by atoms with E-state index in [1.807, 2.05) is 0 Å². The molecule has 1 aliphatic rings. The summed E-state index contributed by atoms with van der Waals surface area (Å²) < 4.78 is 22.4. The molecule has 0 radical (unpaired) electrons. The number of aliphatic hydroxyl groups excluding tert-OH is 1. The van der Waals surface area contributed by atoms with Gasteiger partial charge >= 0.3 is 0 Å². The van der Waals surface area contributed by atoms with Crippen LogP contribution in [-0.2, 0) is 14.6 Å². The van der Waals surface area contributed by atoms with E-state index < -0.39 is 21.0 Å². The van der Waals surface area contributed by atoms with Crippen molar-refractivity contribution in [3.63, 3.8) is 0 Å². The zero-order valence-corrected chi connectivity index (χ0v) is 9.83. The molecule has 0 aliphatic carbocycles. The van der Waals surface area contributed by atoms with Gasteiger partial charge in [0.25, 0.3) is 0 Å². The van der Waals surface area contributed by atoms with Gasteiger partial charge in [-0.2, -0.15) is 0 Å². The zero-order chi connectivity index (χ0) is 11.6. The summed E-state index contributed by atoms with van der Waals surface area (Å²) in [5.74, 6) is -0.394. The van der Waals surface area contributed by atoms with Crippen LogP contribution in [0.2, 0.25) is 0 Å². The number of amides is 1. The van der Waals surface area contributed by atoms with E-state index in [-0.39, 0.29) is 12.6 Å². The van der Waals surface area contributed by atoms with E-state index in [4.69, 9.17) is 5.11 Å². The molecule has 1 amide bonds. The molecule has 0 saturated carbocycles. The lowest BCUT2D eigenvalue weighted by Gasteiger charge is -2.25. The van der Waals surface area contributed by atoms with Crippen molar-refractivity contribution >= 4 is 15.7 Å². The van der Waals surface area contributed by atoms with Crippen molar-refractivity contribution in [1.29, 1.82) is 0 Å². The lowest BCUT2D eigenvalue weighted by atomic mass is 10.2. The minimum absolute atomic E-state index is 0.0950. The molecule has 1 saturated heterocycles. The van der Waals surface area contributed by atoms with Gasteiger partial charge in [-0.1, -0.05) is 0 Å². The average molecular weight is 235 g/mol. The highest BCUT2D eigenvalue weighted by Gasteiger charge is 2.34. The number of hydrogen-bond donors (Lipinski definition) is 1. The normalized spacial score (nSPS) is 24.2. The Morgan fingerprint density at radius 3 is 2.67 bits per heavy atom. The Hall–Kier alpha value is -0.620. The maximum absolute atomic E-state index is 11.8. The molecule has 0 spiro atoms. The van der Waals surface area contributed by atoms with Gasteiger partial charge < -0.3 is 10.0 Å². The number of carbonyl (C=O) groups excluding carboxylic acids is 1. The Bertz CT molecular complexity index is 338. The third-order valence-corrected chi connectivity index (χ3v) is 4.35. The van der Waals surface area contributed by atoms with Gasteiger partial charge in [0.2, 0.25) is 5.91 Å². The van der Waals surface area contributed by atoms with Crippen molar-refractivity contribution in [3.8, 4) is 0 Å². The van der Waals surface area contributed by atoms with Crippen LogP contribution in [0, 0.1) is 0 Å². The summed E-state index contributed by atoms with van der Waals surface area (Å²) in [7, 11) is -3.34. The van der Waals surface area contributed by atoms with Crippen molar-refractivity contribution in [1.82, 2.24) is 4.90 Å². The van der Waals surface area contributed by atoms with E-state index in [0.29, 0.717) is 6.54 Å². The fourth-order valence-corrected chi connectivity index (χ4v) is 2.23. The molecule has 0 aromatic heterocycles. The molecule has 0 aromatic rings. The second kappa shape index (κ2) is 4.49. The monoisotopic (exact) mass is 235 g/mol. The van der Waals surface area contributed by atoms with E-state index in [1.165, 1.54) is 11.8 Å². The number of rotatable bonds is 3. The molecule has 2 atom stereocenters. The smallest absolute Gasteiger partial charge is 0.240 e. The zero-order valence-electron chi connectivity index (χ0n) is 9.01. The molecule has 1 fully saturated rings. The molecule has 88 valence electrons. The Morgan fingerprint density at radius 2 is 2.20 bits per heavy atom. The predicted molar refractivity (Wildman–Crippen MR) is 56.1 cm³/mol. The topological polar surface area (TPSA) is 74.7 Å². The van der Waals surface area contributed by atoms with Gasteiger partial charge in [0, 0.05) is 12.8 Å². The fourth-order valence-electron chi connectivity index (χ4n) is 1.73. The van der Waals surface area contributed by atoms with Gasteiger partial charge in [-0.3, -0.25) is 4.79 Å². The summed E-state index contributed by atoms with van der Waals surface area (Å²) in [4.78, 5) is 13.3. The highest BCUT2D eigenvalue weighted by Crippen LogP contribution is 2.19. The van der Waals surface area contributed by atoms with Crippen molar-refractivity contribution < 1.29 is 18.3 Å². The summed E-state index contributed by atoms with van der Waals surface area (Å²) in [5, 5.41) is 8.02. The standard InChI is InChI=1S/C9H17NO4S/c1-7(15(2,13)14)9(12)10-5-3-4-8(10)6-11/h7-8,11H,3-6H2,1-2H3/t7?,8-/m1/s1. The Morgan fingerprint density at radius 1 is 1.60 bits per heavy atom. The first-order valence-electron chi connectivity index (χ1n) is 4.98. The van der Waals surface area contributed by atoms with Crippen LogP contribution in [0.25, 0.3) is 0 Å². The van der Waals surface area contributed by atoms with Crippen molar-refractivity contribution in [2.45, 2.75) is 31.1 Å². The molecular formula is C9H17NO4S. The van der Waals surface area contributed by atoms with E-state index >= 15 is 0 Å². The predicted octanol–water partition coefficient (Wildman–Crippen LogP) is -0.597. The third-order valence-electron chi connectivity index (χ3n) is 2.86. The summed E-state index contributed by atoms with van der Waals surface area (Å²) in [6.07, 6.45) is 2.63. The van der Waals surface area contributed by atoms with Crippen LogP contribution in [0.3, 0.4) is 0 Å². The molecule has 1 unspecified atom stereocenters. The Balaban J connectivity index is 2.76. The van der Waals surface area contributed by atoms with Crippen molar-refractivity contribution in [3.05, 3.63) is 0 Å². The summed E-state index contributed by atoms with van der Waals surface area (Å²) in [6.45, 7) is 1.84. The van der Waals surface area contributed by atoms with Gasteiger partial charge in [-0.25, -0.2) is 8.42 Å². The second-order valence-electron chi connectivity index (χ2n) is 3.98. The van der Waals surface area contributed by atoms with Gasteiger partial charge in [0.05, 0.1) is 12.6 Å². The average Bonchev–Trinajstić information content (AvgIpc) is 2.61. The molecule has 0 bridgehead atoms. The van der Waals surface area contributed by atoms with E-state index in [9.17, 15) is 13.2 Å². The first kappa shape index (κ1) is 12.4. The molecule has 6 heteroatoms. The van der Waals surface area contributed by atoms with Crippen LogP contribution in [0.4, 0.5) is 0 Å².